The van der Waals surface area contributed by atoms with Crippen molar-refractivity contribution in [3.8, 4) is 33.4 Å². The number of nitrogens with zero attached hydrogens (tertiary/aromatic N) is 1. The summed E-state index contributed by atoms with van der Waals surface area (Å²) in [5.41, 5.74) is 15.8. The molecule has 0 spiro atoms. The van der Waals surface area contributed by atoms with Gasteiger partial charge in [-0.05, 0) is 130 Å². The van der Waals surface area contributed by atoms with Crippen LogP contribution < -0.4 is 4.90 Å². The van der Waals surface area contributed by atoms with Gasteiger partial charge in [0.1, 0.15) is 0 Å². The van der Waals surface area contributed by atoms with E-state index in [0.717, 1.165) is 33.2 Å². The highest BCUT2D eigenvalue weighted by atomic mass is 35.5. The van der Waals surface area contributed by atoms with Gasteiger partial charge in [0.25, 0.3) is 0 Å². The molecule has 0 N–H and O–H groups in total. The van der Waals surface area contributed by atoms with Crippen LogP contribution in [0.1, 0.15) is 49.9 Å². The molecule has 58 heavy (non-hydrogen) atoms. The molecule has 276 valence electrons. The first-order chi connectivity index (χ1) is 28.2. The molecule has 2 heteroatoms. The van der Waals surface area contributed by atoms with Gasteiger partial charge in [-0.2, -0.15) is 0 Å². The second kappa shape index (κ2) is 11.8. The molecule has 10 aromatic carbocycles. The van der Waals surface area contributed by atoms with Crippen molar-refractivity contribution in [3.05, 3.63) is 197 Å². The number of anilines is 3. The molecule has 0 unspecified atom stereocenters. The summed E-state index contributed by atoms with van der Waals surface area (Å²) in [5, 5.41) is 11.0. The maximum atomic E-state index is 7.33. The number of halogens is 1. The van der Waals surface area contributed by atoms with Gasteiger partial charge in [0.2, 0.25) is 0 Å². The highest BCUT2D eigenvalue weighted by molar-refractivity contribution is 6.36. The molecule has 12 rings (SSSR count). The van der Waals surface area contributed by atoms with Crippen LogP contribution >= 0.6 is 11.6 Å². The van der Waals surface area contributed by atoms with E-state index in [1.807, 2.05) is 0 Å². The van der Waals surface area contributed by atoms with Crippen LogP contribution in [0.2, 0.25) is 5.02 Å². The van der Waals surface area contributed by atoms with E-state index >= 15 is 0 Å². The molecule has 2 aliphatic rings. The van der Waals surface area contributed by atoms with Gasteiger partial charge in [0.15, 0.2) is 0 Å². The maximum Gasteiger partial charge on any atom is 0.0546 e. The first kappa shape index (κ1) is 33.7. The smallest absolute Gasteiger partial charge is 0.0546 e. The van der Waals surface area contributed by atoms with Crippen LogP contribution in [0.25, 0.3) is 76.5 Å². The minimum atomic E-state index is -0.146. The lowest BCUT2D eigenvalue weighted by Crippen LogP contribution is -2.16. The molecule has 0 saturated carbocycles. The molecule has 0 heterocycles. The van der Waals surface area contributed by atoms with Gasteiger partial charge in [-0.25, -0.2) is 0 Å². The standard InChI is InChI=1S/C56H40ClN/c1-55(2)46-23-7-5-18-38(46)40-27-26-37(30-48(40)55)58(51-28-25-34-15-11-21-42-41-20-10-13-33-14-12-22-43(52(33)41)54(51)53(34)42)36-17-9-16-35(29-36)44-31-49-45(32-50(44)57)39-19-6-8-24-47(39)56(49,3)4/h5-32H,1-4H3. The molecule has 2 aliphatic carbocycles. The Balaban J connectivity index is 1.13. The van der Waals surface area contributed by atoms with Crippen molar-refractivity contribution in [2.24, 2.45) is 0 Å². The highest BCUT2D eigenvalue weighted by Gasteiger charge is 2.37. The van der Waals surface area contributed by atoms with Crippen LogP contribution in [0.3, 0.4) is 0 Å². The molecule has 0 aliphatic heterocycles. The second-order valence-electron chi connectivity index (χ2n) is 17.4. The average molecular weight is 762 g/mol. The molecular weight excluding hydrogens is 722 g/mol. The molecule has 10 aromatic rings. The largest absolute Gasteiger partial charge is 0.310 e. The lowest BCUT2D eigenvalue weighted by Gasteiger charge is -2.30. The van der Waals surface area contributed by atoms with E-state index in [2.05, 4.69) is 202 Å². The highest BCUT2D eigenvalue weighted by Crippen LogP contribution is 2.54. The fourth-order valence-corrected chi connectivity index (χ4v) is 11.1. The monoisotopic (exact) mass is 761 g/mol. The van der Waals surface area contributed by atoms with Gasteiger partial charge >= 0.3 is 0 Å². The molecule has 0 atom stereocenters. The Morgan fingerprint density at radius 3 is 1.67 bits per heavy atom. The summed E-state index contributed by atoms with van der Waals surface area (Å²) in [7, 11) is 0. The molecule has 0 bridgehead atoms. The average Bonchev–Trinajstić information content (AvgIpc) is 3.61. The van der Waals surface area contributed by atoms with Crippen molar-refractivity contribution in [2.45, 2.75) is 38.5 Å². The minimum absolute atomic E-state index is 0.132. The number of fused-ring (bicyclic) bond motifs is 8. The van der Waals surface area contributed by atoms with E-state index in [1.54, 1.807) is 0 Å². The molecule has 0 aromatic heterocycles. The number of benzene rings is 10. The van der Waals surface area contributed by atoms with Gasteiger partial charge in [-0.3, -0.25) is 0 Å². The lowest BCUT2D eigenvalue weighted by atomic mass is 9.81. The Bertz CT molecular complexity index is 3360. The van der Waals surface area contributed by atoms with E-state index in [0.29, 0.717) is 0 Å². The zero-order valence-corrected chi connectivity index (χ0v) is 33.7. The summed E-state index contributed by atoms with van der Waals surface area (Å²) in [4.78, 5) is 2.50. The summed E-state index contributed by atoms with van der Waals surface area (Å²) in [6, 6.07) is 63.3. The van der Waals surface area contributed by atoms with E-state index in [4.69, 9.17) is 11.6 Å². The second-order valence-corrected chi connectivity index (χ2v) is 17.8. The van der Waals surface area contributed by atoms with E-state index in [1.165, 1.54) is 87.6 Å². The Kier molecular flexibility index (Phi) is 6.87. The van der Waals surface area contributed by atoms with Crippen molar-refractivity contribution in [1.82, 2.24) is 0 Å². The Labute approximate surface area is 344 Å². The van der Waals surface area contributed by atoms with E-state index < -0.39 is 0 Å². The van der Waals surface area contributed by atoms with Crippen LogP contribution in [0, 0.1) is 0 Å². The fraction of sp³-hybridized carbons (Fsp3) is 0.107. The molecule has 0 saturated heterocycles. The Morgan fingerprint density at radius 2 is 0.948 bits per heavy atom. The summed E-state index contributed by atoms with van der Waals surface area (Å²) < 4.78 is 0. The van der Waals surface area contributed by atoms with Crippen LogP contribution in [0.5, 0.6) is 0 Å². The van der Waals surface area contributed by atoms with Crippen molar-refractivity contribution in [2.75, 3.05) is 4.90 Å². The summed E-state index contributed by atoms with van der Waals surface area (Å²) in [6.45, 7) is 9.40. The molecule has 1 nitrogen and oxygen atoms in total. The molecule has 0 fully saturated rings. The third-order valence-electron chi connectivity index (χ3n) is 13.6. The van der Waals surface area contributed by atoms with Crippen molar-refractivity contribution >= 4 is 71.8 Å². The summed E-state index contributed by atoms with van der Waals surface area (Å²) in [5.74, 6) is 0. The van der Waals surface area contributed by atoms with E-state index in [-0.39, 0.29) is 10.8 Å². The third kappa shape index (κ3) is 4.48. The summed E-state index contributed by atoms with van der Waals surface area (Å²) >= 11 is 7.33. The Morgan fingerprint density at radius 1 is 0.379 bits per heavy atom. The van der Waals surface area contributed by atoms with Crippen molar-refractivity contribution < 1.29 is 0 Å². The lowest BCUT2D eigenvalue weighted by molar-refractivity contribution is 0.660. The molecule has 0 amide bonds. The van der Waals surface area contributed by atoms with Gasteiger partial charge in [0, 0.05) is 38.2 Å². The zero-order valence-electron chi connectivity index (χ0n) is 33.0. The van der Waals surface area contributed by atoms with Crippen LogP contribution in [-0.2, 0) is 10.8 Å². The molecule has 0 radical (unpaired) electrons. The van der Waals surface area contributed by atoms with Gasteiger partial charge in [-0.15, -0.1) is 0 Å². The van der Waals surface area contributed by atoms with Gasteiger partial charge in [-0.1, -0.05) is 167 Å². The zero-order chi connectivity index (χ0) is 39.1. The van der Waals surface area contributed by atoms with Gasteiger partial charge < -0.3 is 4.90 Å². The van der Waals surface area contributed by atoms with Crippen molar-refractivity contribution in [3.63, 3.8) is 0 Å². The predicted octanol–water partition coefficient (Wildman–Crippen LogP) is 16.1. The number of rotatable bonds is 4. The van der Waals surface area contributed by atoms with Gasteiger partial charge in [0.05, 0.1) is 5.69 Å². The minimum Gasteiger partial charge on any atom is -0.310 e. The molecular formula is C56H40ClN. The first-order valence-corrected chi connectivity index (χ1v) is 20.7. The van der Waals surface area contributed by atoms with Crippen molar-refractivity contribution in [1.29, 1.82) is 0 Å². The Hall–Kier alpha value is -6.41. The van der Waals surface area contributed by atoms with Crippen LogP contribution in [0.15, 0.2) is 170 Å². The first-order valence-electron chi connectivity index (χ1n) is 20.4. The normalized spacial score (nSPS) is 14.6. The summed E-state index contributed by atoms with van der Waals surface area (Å²) in [6.07, 6.45) is 0. The SMILES string of the molecule is CC1(C)c2ccccc2-c2ccc(N(c3cccc(-c4cc5c(cc4Cl)-c4ccccc4C5(C)C)c3)c3ccc4cccc5c6cccc7cccc(c3c45)c76)cc21. The maximum absolute atomic E-state index is 7.33. The topological polar surface area (TPSA) is 3.24 Å². The number of hydrogen-bond donors (Lipinski definition) is 0. The number of hydrogen-bond acceptors (Lipinski definition) is 1. The fourth-order valence-electron chi connectivity index (χ4n) is 10.8. The predicted molar refractivity (Wildman–Crippen MR) is 248 cm³/mol. The quantitative estimate of drug-likeness (QED) is 0.128. The van der Waals surface area contributed by atoms with E-state index in [9.17, 15) is 0 Å². The third-order valence-corrected chi connectivity index (χ3v) is 14.0. The van der Waals surface area contributed by atoms with Crippen LogP contribution in [-0.4, -0.2) is 0 Å². The van der Waals surface area contributed by atoms with Crippen LogP contribution in [0.4, 0.5) is 17.1 Å².